The molecule has 32 heavy (non-hydrogen) atoms. The first kappa shape index (κ1) is 22.3. The van der Waals surface area contributed by atoms with E-state index < -0.39 is 21.6 Å². The molecule has 1 aliphatic rings. The Kier molecular flexibility index (Phi) is 6.20. The molecule has 3 heterocycles. The van der Waals surface area contributed by atoms with Gasteiger partial charge in [-0.3, -0.25) is 4.98 Å². The second-order valence-electron chi connectivity index (χ2n) is 7.63. The summed E-state index contributed by atoms with van der Waals surface area (Å²) in [5.41, 5.74) is -2.44. The van der Waals surface area contributed by atoms with Crippen molar-refractivity contribution < 1.29 is 21.6 Å². The molecular formula is C21H22F3N5O2S. The third kappa shape index (κ3) is 4.63. The number of imidazole rings is 1. The molecule has 0 radical (unpaired) electrons. The summed E-state index contributed by atoms with van der Waals surface area (Å²) in [6.45, 7) is -0.277. The van der Waals surface area contributed by atoms with Gasteiger partial charge in [-0.15, -0.1) is 0 Å². The van der Waals surface area contributed by atoms with Crippen LogP contribution in [0.25, 0.3) is 0 Å². The smallest absolute Gasteiger partial charge is 0.361 e. The van der Waals surface area contributed by atoms with Crippen molar-refractivity contribution >= 4 is 15.7 Å². The molecule has 1 atom stereocenters. The maximum absolute atomic E-state index is 13.4. The topological polar surface area (TPSA) is 82.2 Å². The van der Waals surface area contributed by atoms with Gasteiger partial charge in [-0.05, 0) is 36.1 Å². The zero-order chi connectivity index (χ0) is 22.8. The Balaban J connectivity index is 1.73. The van der Waals surface area contributed by atoms with E-state index >= 15 is 0 Å². The van der Waals surface area contributed by atoms with Crippen molar-refractivity contribution in [3.8, 4) is 0 Å². The van der Waals surface area contributed by atoms with Gasteiger partial charge in [-0.25, -0.2) is 13.4 Å². The van der Waals surface area contributed by atoms with Gasteiger partial charge in [-0.2, -0.15) is 17.5 Å². The van der Waals surface area contributed by atoms with Gasteiger partial charge in [0.25, 0.3) is 0 Å². The van der Waals surface area contributed by atoms with Gasteiger partial charge in [0.1, 0.15) is 0 Å². The zero-order valence-electron chi connectivity index (χ0n) is 17.0. The van der Waals surface area contributed by atoms with Crippen LogP contribution in [0.15, 0.2) is 61.3 Å². The monoisotopic (exact) mass is 465 g/mol. The molecule has 1 aliphatic heterocycles. The molecule has 170 valence electrons. The van der Waals surface area contributed by atoms with E-state index in [1.807, 2.05) is 17.0 Å². The fraction of sp³-hybridized carbons (Fsp3) is 0.333. The van der Waals surface area contributed by atoms with Crippen LogP contribution in [0.1, 0.15) is 23.2 Å². The quantitative estimate of drug-likeness (QED) is 0.603. The van der Waals surface area contributed by atoms with Crippen molar-refractivity contribution in [3.63, 3.8) is 0 Å². The van der Waals surface area contributed by atoms with Crippen LogP contribution in [0, 0.1) is 0 Å². The number of pyridine rings is 1. The van der Waals surface area contributed by atoms with Crippen molar-refractivity contribution in [1.82, 2.24) is 19.3 Å². The third-order valence-corrected chi connectivity index (χ3v) is 7.06. The molecule has 4 rings (SSSR count). The Morgan fingerprint density at radius 1 is 1.09 bits per heavy atom. The molecule has 2 aromatic heterocycles. The number of alkyl halides is 3. The Hall–Kier alpha value is -2.92. The number of nitrogens with zero attached hydrogens (tertiary/aromatic N) is 4. The highest BCUT2D eigenvalue weighted by Crippen LogP contribution is 2.35. The summed E-state index contributed by atoms with van der Waals surface area (Å²) in [4.78, 5) is 13.1. The fourth-order valence-electron chi connectivity index (χ4n) is 3.93. The highest BCUT2D eigenvalue weighted by Gasteiger charge is 2.51. The van der Waals surface area contributed by atoms with Crippen molar-refractivity contribution in [2.24, 2.45) is 0 Å². The molecule has 0 aliphatic carbocycles. The standard InChI is InChI=1S/C21H22F3N5O2S/c22-21(23,24)32(30,31)28-12-17-5-1-2-6-20(17)29(13-18-11-26-15-27-18)19(14-28)8-7-16-4-3-9-25-10-16/h1-6,9-11,15,19H,7-8,12-14H2,(H,26,27). The molecule has 0 amide bonds. The average molecular weight is 466 g/mol. The minimum Gasteiger partial charge on any atom is -0.361 e. The first-order valence-electron chi connectivity index (χ1n) is 10.0. The maximum atomic E-state index is 13.4. The summed E-state index contributed by atoms with van der Waals surface area (Å²) in [6, 6.07) is 10.2. The number of anilines is 1. The lowest BCUT2D eigenvalue weighted by atomic mass is 10.0. The van der Waals surface area contributed by atoms with Crippen LogP contribution < -0.4 is 4.90 Å². The number of aryl methyl sites for hydroxylation is 1. The lowest BCUT2D eigenvalue weighted by Gasteiger charge is -2.34. The van der Waals surface area contributed by atoms with Crippen molar-refractivity contribution in [2.75, 3.05) is 11.4 Å². The Labute approximate surface area is 184 Å². The SMILES string of the molecule is O=S(=O)(N1Cc2ccccc2N(Cc2cnc[nH]2)C(CCc2cccnc2)C1)C(F)(F)F. The number of para-hydroxylation sites is 1. The lowest BCUT2D eigenvalue weighted by molar-refractivity contribution is -0.0492. The average Bonchev–Trinajstić information content (AvgIpc) is 3.22. The van der Waals surface area contributed by atoms with Gasteiger partial charge >= 0.3 is 15.5 Å². The molecule has 1 unspecified atom stereocenters. The van der Waals surface area contributed by atoms with E-state index in [0.717, 1.165) is 11.3 Å². The predicted octanol–water partition coefficient (Wildman–Crippen LogP) is 3.48. The van der Waals surface area contributed by atoms with Crippen molar-refractivity contribution in [3.05, 3.63) is 78.1 Å². The number of H-pyrrole nitrogens is 1. The van der Waals surface area contributed by atoms with Gasteiger partial charge in [0.15, 0.2) is 0 Å². The summed E-state index contributed by atoms with van der Waals surface area (Å²) in [5.74, 6) is 0. The van der Waals surface area contributed by atoms with E-state index in [1.54, 1.807) is 42.9 Å². The fourth-order valence-corrected chi connectivity index (χ4v) is 4.90. The van der Waals surface area contributed by atoms with Crippen LogP contribution in [0.3, 0.4) is 0 Å². The van der Waals surface area contributed by atoms with E-state index in [-0.39, 0.29) is 13.1 Å². The molecular weight excluding hydrogens is 443 g/mol. The van der Waals surface area contributed by atoms with Crippen LogP contribution in [0.5, 0.6) is 0 Å². The normalized spacial score (nSPS) is 17.7. The second-order valence-corrected chi connectivity index (χ2v) is 9.56. The summed E-state index contributed by atoms with van der Waals surface area (Å²) >= 11 is 0. The van der Waals surface area contributed by atoms with Crippen LogP contribution in [0.4, 0.5) is 18.9 Å². The number of aromatic amines is 1. The summed E-state index contributed by atoms with van der Waals surface area (Å²) in [7, 11) is -5.49. The molecule has 1 N–H and O–H groups in total. The number of hydrogen-bond acceptors (Lipinski definition) is 5. The maximum Gasteiger partial charge on any atom is 0.511 e. The van der Waals surface area contributed by atoms with E-state index in [2.05, 4.69) is 15.0 Å². The Bertz CT molecular complexity index is 1140. The van der Waals surface area contributed by atoms with Crippen LogP contribution in [0.2, 0.25) is 0 Å². The van der Waals surface area contributed by atoms with Gasteiger partial charge in [0, 0.05) is 43.4 Å². The number of rotatable bonds is 6. The Morgan fingerprint density at radius 2 is 1.91 bits per heavy atom. The molecule has 0 fully saturated rings. The second kappa shape index (κ2) is 8.91. The van der Waals surface area contributed by atoms with Crippen LogP contribution in [-0.4, -0.2) is 45.8 Å². The number of sulfonamides is 1. The molecule has 1 aromatic carbocycles. The highest BCUT2D eigenvalue weighted by atomic mass is 32.2. The van der Waals surface area contributed by atoms with Crippen LogP contribution >= 0.6 is 0 Å². The van der Waals surface area contributed by atoms with E-state index in [0.29, 0.717) is 34.9 Å². The first-order valence-corrected chi connectivity index (χ1v) is 11.5. The van der Waals surface area contributed by atoms with E-state index in [9.17, 15) is 21.6 Å². The molecule has 0 spiro atoms. The van der Waals surface area contributed by atoms with Gasteiger partial charge < -0.3 is 9.88 Å². The predicted molar refractivity (Wildman–Crippen MR) is 113 cm³/mol. The number of aromatic nitrogens is 3. The largest absolute Gasteiger partial charge is 0.511 e. The number of fused-ring (bicyclic) bond motifs is 1. The summed E-state index contributed by atoms with van der Waals surface area (Å²) < 4.78 is 65.6. The number of benzene rings is 1. The molecule has 0 saturated carbocycles. The molecule has 7 nitrogen and oxygen atoms in total. The van der Waals surface area contributed by atoms with Crippen molar-refractivity contribution in [2.45, 2.75) is 37.5 Å². The molecule has 11 heteroatoms. The van der Waals surface area contributed by atoms with Gasteiger partial charge in [-0.1, -0.05) is 24.3 Å². The van der Waals surface area contributed by atoms with Gasteiger partial charge in [0.05, 0.1) is 18.6 Å². The number of halogens is 3. The highest BCUT2D eigenvalue weighted by molar-refractivity contribution is 7.89. The van der Waals surface area contributed by atoms with Gasteiger partial charge in [0.2, 0.25) is 0 Å². The third-order valence-electron chi connectivity index (χ3n) is 5.52. The minimum absolute atomic E-state index is 0.287. The zero-order valence-corrected chi connectivity index (χ0v) is 17.9. The van der Waals surface area contributed by atoms with Crippen molar-refractivity contribution in [1.29, 1.82) is 0 Å². The number of nitrogens with one attached hydrogen (secondary N) is 1. The van der Waals surface area contributed by atoms with Crippen LogP contribution in [-0.2, 0) is 29.5 Å². The van der Waals surface area contributed by atoms with E-state index in [1.165, 1.54) is 6.33 Å². The molecule has 3 aromatic rings. The summed E-state index contributed by atoms with van der Waals surface area (Å²) in [6.07, 6.45) is 7.51. The summed E-state index contributed by atoms with van der Waals surface area (Å²) in [5, 5.41) is 0. The Morgan fingerprint density at radius 3 is 2.59 bits per heavy atom. The first-order chi connectivity index (χ1) is 15.3. The minimum atomic E-state index is -5.49. The number of hydrogen-bond donors (Lipinski definition) is 1. The molecule has 0 saturated heterocycles. The molecule has 0 bridgehead atoms. The van der Waals surface area contributed by atoms with E-state index in [4.69, 9.17) is 0 Å². The lowest BCUT2D eigenvalue weighted by Crippen LogP contribution is -2.47.